The van der Waals surface area contributed by atoms with Crippen molar-refractivity contribution in [1.82, 2.24) is 5.32 Å². The van der Waals surface area contributed by atoms with Crippen LogP contribution in [0.3, 0.4) is 0 Å². The molecule has 122 valence electrons. The number of carbonyl (C=O) groups excluding carboxylic acids is 1. The van der Waals surface area contributed by atoms with E-state index in [1.807, 2.05) is 6.92 Å². The standard InChI is InChI=1S/C18H33NO2/c1-4-6-7-11-14-17(16-12-9-8-10-13-16)19-15(3)21-18(20)5-2/h5,15-17,19H,2,4,6-14H2,1,3H3. The zero-order valence-electron chi connectivity index (χ0n) is 13.9. The first-order chi connectivity index (χ1) is 10.2. The maximum absolute atomic E-state index is 11.3. The van der Waals surface area contributed by atoms with Gasteiger partial charge in [0, 0.05) is 12.1 Å². The molecular weight excluding hydrogens is 262 g/mol. The van der Waals surface area contributed by atoms with Crippen LogP contribution in [0, 0.1) is 5.92 Å². The Bertz CT molecular complexity index is 298. The summed E-state index contributed by atoms with van der Waals surface area (Å²) < 4.78 is 5.28. The highest BCUT2D eigenvalue weighted by Gasteiger charge is 2.25. The van der Waals surface area contributed by atoms with Crippen molar-refractivity contribution in [2.24, 2.45) is 5.92 Å². The topological polar surface area (TPSA) is 38.3 Å². The first-order valence-electron chi connectivity index (χ1n) is 8.76. The van der Waals surface area contributed by atoms with E-state index in [1.165, 1.54) is 70.3 Å². The van der Waals surface area contributed by atoms with E-state index in [4.69, 9.17) is 4.74 Å². The lowest BCUT2D eigenvalue weighted by Gasteiger charge is -2.33. The smallest absolute Gasteiger partial charge is 0.331 e. The fourth-order valence-corrected chi connectivity index (χ4v) is 3.34. The summed E-state index contributed by atoms with van der Waals surface area (Å²) in [5.41, 5.74) is 0. The number of esters is 1. The van der Waals surface area contributed by atoms with Crippen molar-refractivity contribution in [3.8, 4) is 0 Å². The summed E-state index contributed by atoms with van der Waals surface area (Å²) in [7, 11) is 0. The fourth-order valence-electron chi connectivity index (χ4n) is 3.34. The van der Waals surface area contributed by atoms with Crippen molar-refractivity contribution in [1.29, 1.82) is 0 Å². The van der Waals surface area contributed by atoms with Crippen LogP contribution in [0.4, 0.5) is 0 Å². The summed E-state index contributed by atoms with van der Waals surface area (Å²) in [5.74, 6) is 0.397. The van der Waals surface area contributed by atoms with Gasteiger partial charge in [-0.3, -0.25) is 5.32 Å². The van der Waals surface area contributed by atoms with Gasteiger partial charge in [-0.25, -0.2) is 4.79 Å². The van der Waals surface area contributed by atoms with E-state index in [2.05, 4.69) is 18.8 Å². The Kier molecular flexibility index (Phi) is 9.40. The van der Waals surface area contributed by atoms with Crippen LogP contribution in [0.2, 0.25) is 0 Å². The van der Waals surface area contributed by atoms with Crippen LogP contribution in [0.15, 0.2) is 12.7 Å². The molecule has 0 aromatic carbocycles. The van der Waals surface area contributed by atoms with E-state index < -0.39 is 0 Å². The molecule has 0 aromatic heterocycles. The summed E-state index contributed by atoms with van der Waals surface area (Å²) in [5, 5.41) is 3.54. The Morgan fingerprint density at radius 2 is 2.00 bits per heavy atom. The van der Waals surface area contributed by atoms with E-state index in [0.29, 0.717) is 6.04 Å². The third-order valence-electron chi connectivity index (χ3n) is 4.50. The molecule has 3 heteroatoms. The quantitative estimate of drug-likeness (QED) is 0.278. The maximum Gasteiger partial charge on any atom is 0.331 e. The Hall–Kier alpha value is -0.830. The van der Waals surface area contributed by atoms with Gasteiger partial charge in [-0.15, -0.1) is 0 Å². The normalized spacial score (nSPS) is 19.0. The molecular formula is C18H33NO2. The molecule has 1 aliphatic carbocycles. The van der Waals surface area contributed by atoms with Gasteiger partial charge >= 0.3 is 5.97 Å². The predicted molar refractivity (Wildman–Crippen MR) is 88.0 cm³/mol. The highest BCUT2D eigenvalue weighted by atomic mass is 16.6. The minimum atomic E-state index is -0.344. The van der Waals surface area contributed by atoms with Gasteiger partial charge in [0.1, 0.15) is 0 Å². The third-order valence-corrected chi connectivity index (χ3v) is 4.50. The maximum atomic E-state index is 11.3. The first kappa shape index (κ1) is 18.2. The molecule has 1 saturated carbocycles. The van der Waals surface area contributed by atoms with Gasteiger partial charge in [0.25, 0.3) is 0 Å². The molecule has 0 heterocycles. The average molecular weight is 295 g/mol. The second kappa shape index (κ2) is 10.8. The van der Waals surface area contributed by atoms with Crippen molar-refractivity contribution < 1.29 is 9.53 Å². The molecule has 1 fully saturated rings. The van der Waals surface area contributed by atoms with Gasteiger partial charge in [0.15, 0.2) is 6.23 Å². The zero-order chi connectivity index (χ0) is 15.5. The lowest BCUT2D eigenvalue weighted by atomic mass is 9.82. The summed E-state index contributed by atoms with van der Waals surface area (Å²) >= 11 is 0. The number of carbonyl (C=O) groups is 1. The van der Waals surface area contributed by atoms with E-state index in [1.54, 1.807) is 0 Å². The molecule has 1 N–H and O–H groups in total. The van der Waals surface area contributed by atoms with E-state index in [-0.39, 0.29) is 12.2 Å². The summed E-state index contributed by atoms with van der Waals surface area (Å²) in [6.07, 6.45) is 14.1. The van der Waals surface area contributed by atoms with Crippen molar-refractivity contribution in [3.63, 3.8) is 0 Å². The highest BCUT2D eigenvalue weighted by Crippen LogP contribution is 2.29. The molecule has 0 amide bonds. The number of hydrogen-bond acceptors (Lipinski definition) is 3. The van der Waals surface area contributed by atoms with Crippen LogP contribution < -0.4 is 5.32 Å². The Morgan fingerprint density at radius 3 is 2.62 bits per heavy atom. The average Bonchev–Trinajstić information content (AvgIpc) is 2.51. The minimum absolute atomic E-state index is 0.228. The molecule has 3 nitrogen and oxygen atoms in total. The lowest BCUT2D eigenvalue weighted by Crippen LogP contribution is -2.44. The second-order valence-corrected chi connectivity index (χ2v) is 6.30. The molecule has 21 heavy (non-hydrogen) atoms. The second-order valence-electron chi connectivity index (χ2n) is 6.30. The number of nitrogens with one attached hydrogen (secondary N) is 1. The summed E-state index contributed by atoms with van der Waals surface area (Å²) in [4.78, 5) is 11.3. The van der Waals surface area contributed by atoms with Crippen LogP contribution in [0.25, 0.3) is 0 Å². The Balaban J connectivity index is 2.45. The number of rotatable bonds is 10. The zero-order valence-corrected chi connectivity index (χ0v) is 13.9. The highest BCUT2D eigenvalue weighted by molar-refractivity contribution is 5.81. The van der Waals surface area contributed by atoms with E-state index >= 15 is 0 Å². The van der Waals surface area contributed by atoms with Crippen LogP contribution in [-0.4, -0.2) is 18.2 Å². The predicted octanol–water partition coefficient (Wildman–Crippen LogP) is 4.57. The lowest BCUT2D eigenvalue weighted by molar-refractivity contribution is -0.144. The molecule has 2 unspecified atom stereocenters. The molecule has 0 aliphatic heterocycles. The molecule has 2 atom stereocenters. The molecule has 0 saturated heterocycles. The molecule has 0 bridgehead atoms. The van der Waals surface area contributed by atoms with Gasteiger partial charge in [0.05, 0.1) is 0 Å². The van der Waals surface area contributed by atoms with Gasteiger partial charge in [-0.1, -0.05) is 58.4 Å². The summed E-state index contributed by atoms with van der Waals surface area (Å²) in [6, 6.07) is 0.481. The molecule has 0 radical (unpaired) electrons. The minimum Gasteiger partial charge on any atom is -0.444 e. The number of ether oxygens (including phenoxy) is 1. The van der Waals surface area contributed by atoms with Gasteiger partial charge in [0.2, 0.25) is 0 Å². The Morgan fingerprint density at radius 1 is 1.29 bits per heavy atom. The number of unbranched alkanes of at least 4 members (excludes halogenated alkanes) is 3. The molecule has 0 aromatic rings. The summed E-state index contributed by atoms with van der Waals surface area (Å²) in [6.45, 7) is 7.61. The van der Waals surface area contributed by atoms with E-state index in [0.717, 1.165) is 5.92 Å². The van der Waals surface area contributed by atoms with Gasteiger partial charge in [-0.05, 0) is 32.1 Å². The Labute approximate surface area is 130 Å². The van der Waals surface area contributed by atoms with Crippen molar-refractivity contribution in [2.45, 2.75) is 90.3 Å². The van der Waals surface area contributed by atoms with Gasteiger partial charge in [-0.2, -0.15) is 0 Å². The molecule has 0 spiro atoms. The fraction of sp³-hybridized carbons (Fsp3) is 0.833. The van der Waals surface area contributed by atoms with Crippen LogP contribution in [0.1, 0.15) is 78.1 Å². The largest absolute Gasteiger partial charge is 0.444 e. The van der Waals surface area contributed by atoms with Crippen LogP contribution in [-0.2, 0) is 9.53 Å². The SMILES string of the molecule is C=CC(=O)OC(C)NC(CCCCCC)C1CCCCC1. The molecule has 1 rings (SSSR count). The van der Waals surface area contributed by atoms with Crippen molar-refractivity contribution in [2.75, 3.05) is 0 Å². The van der Waals surface area contributed by atoms with E-state index in [9.17, 15) is 4.79 Å². The van der Waals surface area contributed by atoms with Crippen molar-refractivity contribution in [3.05, 3.63) is 12.7 Å². The van der Waals surface area contributed by atoms with Crippen LogP contribution >= 0.6 is 0 Å². The number of hydrogen-bond donors (Lipinski definition) is 1. The van der Waals surface area contributed by atoms with Crippen molar-refractivity contribution >= 4 is 5.97 Å². The molecule has 1 aliphatic rings. The van der Waals surface area contributed by atoms with Gasteiger partial charge < -0.3 is 4.74 Å². The van der Waals surface area contributed by atoms with Crippen LogP contribution in [0.5, 0.6) is 0 Å². The monoisotopic (exact) mass is 295 g/mol. The third kappa shape index (κ3) is 7.66. The first-order valence-corrected chi connectivity index (χ1v) is 8.76.